The van der Waals surface area contributed by atoms with E-state index in [1.54, 1.807) is 6.07 Å². The number of nitrogens with one attached hydrogen (secondary N) is 1. The molecule has 3 amide bonds. The molecule has 2 rings (SSSR count). The zero-order valence-electron chi connectivity index (χ0n) is 10.5. The Morgan fingerprint density at radius 2 is 2.00 bits per heavy atom. The topological polar surface area (TPSA) is 71.4 Å². The van der Waals surface area contributed by atoms with Crippen LogP contribution in [0.4, 0.5) is 0 Å². The highest BCUT2D eigenvalue weighted by molar-refractivity contribution is 9.10. The fourth-order valence-electron chi connectivity index (χ4n) is 2.02. The molecule has 1 aromatic rings. The van der Waals surface area contributed by atoms with Crippen molar-refractivity contribution in [1.82, 2.24) is 14.8 Å². The third-order valence-electron chi connectivity index (χ3n) is 2.78. The van der Waals surface area contributed by atoms with Crippen LogP contribution in [0.3, 0.4) is 0 Å². The van der Waals surface area contributed by atoms with E-state index in [4.69, 9.17) is 0 Å². The lowest BCUT2D eigenvalue weighted by Crippen LogP contribution is -2.53. The molecule has 1 saturated heterocycles. The van der Waals surface area contributed by atoms with Crippen molar-refractivity contribution < 1.29 is 14.4 Å². The van der Waals surface area contributed by atoms with Crippen molar-refractivity contribution in [3.63, 3.8) is 0 Å². The third-order valence-corrected chi connectivity index (χ3v) is 3.22. The standard InChI is InChI=1S/C12H14BrN3O3/c1-2-3-15-5-8(13)4-9(15)12(19)16-6-10(17)14-11(18)7-16/h4-5H,2-3,6-7H2,1H3,(H,14,17,18). The molecule has 1 aliphatic heterocycles. The molecule has 6 nitrogen and oxygen atoms in total. The Bertz CT molecular complexity index is 522. The lowest BCUT2D eigenvalue weighted by Gasteiger charge is -2.25. The summed E-state index contributed by atoms with van der Waals surface area (Å²) in [5, 5.41) is 2.17. The van der Waals surface area contributed by atoms with E-state index in [1.807, 2.05) is 17.7 Å². The maximum atomic E-state index is 12.4. The normalized spacial score (nSPS) is 15.6. The van der Waals surface area contributed by atoms with Gasteiger partial charge in [-0.25, -0.2) is 0 Å². The first-order chi connectivity index (χ1) is 9.01. The van der Waals surface area contributed by atoms with Crippen LogP contribution in [0.2, 0.25) is 0 Å². The van der Waals surface area contributed by atoms with Crippen LogP contribution in [-0.2, 0) is 16.1 Å². The Morgan fingerprint density at radius 1 is 1.37 bits per heavy atom. The van der Waals surface area contributed by atoms with E-state index in [1.165, 1.54) is 4.90 Å². The summed E-state index contributed by atoms with van der Waals surface area (Å²) in [6, 6.07) is 1.70. The van der Waals surface area contributed by atoms with E-state index in [0.29, 0.717) is 12.2 Å². The van der Waals surface area contributed by atoms with Gasteiger partial charge in [0.2, 0.25) is 11.8 Å². The van der Waals surface area contributed by atoms with Crippen LogP contribution in [0.5, 0.6) is 0 Å². The molecule has 0 saturated carbocycles. The molecule has 19 heavy (non-hydrogen) atoms. The summed E-state index contributed by atoms with van der Waals surface area (Å²) >= 11 is 3.33. The monoisotopic (exact) mass is 327 g/mol. The van der Waals surface area contributed by atoms with Gasteiger partial charge in [0, 0.05) is 17.2 Å². The summed E-state index contributed by atoms with van der Waals surface area (Å²) in [5.74, 6) is -1.20. The molecule has 102 valence electrons. The van der Waals surface area contributed by atoms with E-state index in [2.05, 4.69) is 21.2 Å². The fourth-order valence-corrected chi connectivity index (χ4v) is 2.49. The fraction of sp³-hybridized carbons (Fsp3) is 0.417. The summed E-state index contributed by atoms with van der Waals surface area (Å²) in [4.78, 5) is 36.2. The highest BCUT2D eigenvalue weighted by atomic mass is 79.9. The van der Waals surface area contributed by atoms with Crippen LogP contribution >= 0.6 is 15.9 Å². The van der Waals surface area contributed by atoms with Crippen molar-refractivity contribution >= 4 is 33.7 Å². The van der Waals surface area contributed by atoms with Crippen molar-refractivity contribution in [2.24, 2.45) is 0 Å². The lowest BCUT2D eigenvalue weighted by molar-refractivity contribution is -0.135. The number of rotatable bonds is 3. The Labute approximate surface area is 118 Å². The number of nitrogens with zero attached hydrogens (tertiary/aromatic N) is 2. The summed E-state index contributed by atoms with van der Waals surface area (Å²) < 4.78 is 2.63. The summed E-state index contributed by atoms with van der Waals surface area (Å²) in [5.41, 5.74) is 0.483. The molecule has 1 aromatic heterocycles. The molecule has 1 fully saturated rings. The molecule has 0 aliphatic carbocycles. The van der Waals surface area contributed by atoms with Crippen molar-refractivity contribution in [2.45, 2.75) is 19.9 Å². The van der Waals surface area contributed by atoms with Gasteiger partial charge < -0.3 is 9.47 Å². The number of aryl methyl sites for hydroxylation is 1. The van der Waals surface area contributed by atoms with Crippen molar-refractivity contribution in [3.05, 3.63) is 22.4 Å². The third kappa shape index (κ3) is 3.04. The van der Waals surface area contributed by atoms with Gasteiger partial charge in [-0.15, -0.1) is 0 Å². The minimum absolute atomic E-state index is 0.0838. The van der Waals surface area contributed by atoms with Gasteiger partial charge in [-0.1, -0.05) is 6.92 Å². The van der Waals surface area contributed by atoms with Gasteiger partial charge in [-0.3, -0.25) is 19.7 Å². The smallest absolute Gasteiger partial charge is 0.271 e. The zero-order valence-corrected chi connectivity index (χ0v) is 12.1. The molecule has 0 radical (unpaired) electrons. The number of carbonyl (C=O) groups is 3. The quantitative estimate of drug-likeness (QED) is 0.833. The average molecular weight is 328 g/mol. The number of piperazine rings is 1. The van der Waals surface area contributed by atoms with Crippen LogP contribution in [0.25, 0.3) is 0 Å². The Hall–Kier alpha value is -1.63. The Balaban J connectivity index is 2.23. The van der Waals surface area contributed by atoms with Crippen LogP contribution in [0.15, 0.2) is 16.7 Å². The number of aromatic nitrogens is 1. The summed E-state index contributed by atoms with van der Waals surface area (Å²) in [6.07, 6.45) is 2.71. The SMILES string of the molecule is CCCn1cc(Br)cc1C(=O)N1CC(=O)NC(=O)C1. The first-order valence-corrected chi connectivity index (χ1v) is 6.78. The van der Waals surface area contributed by atoms with E-state index in [9.17, 15) is 14.4 Å². The van der Waals surface area contributed by atoms with E-state index < -0.39 is 11.8 Å². The first kappa shape index (κ1) is 13.8. The first-order valence-electron chi connectivity index (χ1n) is 5.99. The van der Waals surface area contributed by atoms with E-state index in [-0.39, 0.29) is 19.0 Å². The number of hydrogen-bond donors (Lipinski definition) is 1. The van der Waals surface area contributed by atoms with Crippen molar-refractivity contribution in [3.8, 4) is 0 Å². The highest BCUT2D eigenvalue weighted by Gasteiger charge is 2.28. The molecule has 1 aliphatic rings. The van der Waals surface area contributed by atoms with Gasteiger partial charge in [-0.2, -0.15) is 0 Å². The van der Waals surface area contributed by atoms with Gasteiger partial charge in [-0.05, 0) is 28.4 Å². The molecule has 0 bridgehead atoms. The molecule has 2 heterocycles. The Morgan fingerprint density at radius 3 is 2.58 bits per heavy atom. The highest BCUT2D eigenvalue weighted by Crippen LogP contribution is 2.17. The molecule has 0 aromatic carbocycles. The van der Waals surface area contributed by atoms with Gasteiger partial charge in [0.1, 0.15) is 18.8 Å². The van der Waals surface area contributed by atoms with Gasteiger partial charge in [0.15, 0.2) is 0 Å². The van der Waals surface area contributed by atoms with Crippen LogP contribution < -0.4 is 5.32 Å². The van der Waals surface area contributed by atoms with E-state index >= 15 is 0 Å². The molecule has 7 heteroatoms. The Kier molecular flexibility index (Phi) is 4.04. The van der Waals surface area contributed by atoms with Gasteiger partial charge >= 0.3 is 0 Å². The maximum absolute atomic E-state index is 12.4. The second-order valence-corrected chi connectivity index (χ2v) is 5.29. The average Bonchev–Trinajstić information content (AvgIpc) is 2.68. The predicted octanol–water partition coefficient (Wildman–Crippen LogP) is 0.759. The number of hydrogen-bond acceptors (Lipinski definition) is 3. The molecule has 0 unspecified atom stereocenters. The van der Waals surface area contributed by atoms with Crippen molar-refractivity contribution in [1.29, 1.82) is 0 Å². The number of carbonyl (C=O) groups excluding carboxylic acids is 3. The molecule has 0 atom stereocenters. The van der Waals surface area contributed by atoms with Crippen LogP contribution in [0.1, 0.15) is 23.8 Å². The lowest BCUT2D eigenvalue weighted by atomic mass is 10.3. The predicted molar refractivity (Wildman–Crippen MR) is 71.5 cm³/mol. The van der Waals surface area contributed by atoms with Crippen LogP contribution in [0, 0.1) is 0 Å². The molecular formula is C12H14BrN3O3. The second kappa shape index (κ2) is 5.56. The number of halogens is 1. The number of imide groups is 1. The summed E-state index contributed by atoms with van der Waals surface area (Å²) in [7, 11) is 0. The number of amides is 3. The maximum Gasteiger partial charge on any atom is 0.271 e. The molecule has 0 spiro atoms. The minimum atomic E-state index is -0.447. The molecular weight excluding hydrogens is 314 g/mol. The zero-order chi connectivity index (χ0) is 14.0. The van der Waals surface area contributed by atoms with Gasteiger partial charge in [0.05, 0.1) is 0 Å². The van der Waals surface area contributed by atoms with E-state index in [0.717, 1.165) is 10.9 Å². The van der Waals surface area contributed by atoms with Gasteiger partial charge in [0.25, 0.3) is 5.91 Å². The van der Waals surface area contributed by atoms with Crippen LogP contribution in [-0.4, -0.2) is 40.3 Å². The minimum Gasteiger partial charge on any atom is -0.342 e. The summed E-state index contributed by atoms with van der Waals surface area (Å²) in [6.45, 7) is 2.56. The second-order valence-electron chi connectivity index (χ2n) is 4.37. The molecule has 1 N–H and O–H groups in total. The largest absolute Gasteiger partial charge is 0.342 e. The van der Waals surface area contributed by atoms with Crippen molar-refractivity contribution in [2.75, 3.05) is 13.1 Å².